The molecule has 0 spiro atoms. The Balaban J connectivity index is 2.01. The van der Waals surface area contributed by atoms with E-state index in [4.69, 9.17) is 16.3 Å². The highest BCUT2D eigenvalue weighted by atomic mass is 35.5. The summed E-state index contributed by atoms with van der Waals surface area (Å²) >= 11 is 7.22. The lowest BCUT2D eigenvalue weighted by atomic mass is 10.1. The van der Waals surface area contributed by atoms with Crippen LogP contribution in [0.4, 0.5) is 4.39 Å². The molecule has 3 rings (SSSR count). The summed E-state index contributed by atoms with van der Waals surface area (Å²) in [7, 11) is 0. The van der Waals surface area contributed by atoms with E-state index >= 15 is 0 Å². The molecule has 27 heavy (non-hydrogen) atoms. The number of carbonyl (C=O) groups excluding carboxylic acids is 2. The Morgan fingerprint density at radius 3 is 2.78 bits per heavy atom. The van der Waals surface area contributed by atoms with Gasteiger partial charge in [-0.15, -0.1) is 0 Å². The van der Waals surface area contributed by atoms with E-state index in [-0.39, 0.29) is 19.6 Å². The smallest absolute Gasteiger partial charge is 0.326 e. The molecule has 0 aliphatic heterocycles. The van der Waals surface area contributed by atoms with Crippen LogP contribution < -0.4 is 4.80 Å². The van der Waals surface area contributed by atoms with E-state index in [2.05, 4.69) is 4.99 Å². The van der Waals surface area contributed by atoms with Gasteiger partial charge in [0.25, 0.3) is 5.91 Å². The van der Waals surface area contributed by atoms with Crippen molar-refractivity contribution in [3.63, 3.8) is 0 Å². The summed E-state index contributed by atoms with van der Waals surface area (Å²) in [4.78, 5) is 28.8. The number of halogens is 2. The zero-order valence-electron chi connectivity index (χ0n) is 14.4. The molecule has 140 valence electrons. The van der Waals surface area contributed by atoms with E-state index in [1.807, 2.05) is 0 Å². The summed E-state index contributed by atoms with van der Waals surface area (Å²) in [5.41, 5.74) is 1.27. The Kier molecular flexibility index (Phi) is 6.03. The molecule has 0 fully saturated rings. The molecular weight excluding hydrogens is 391 g/mol. The van der Waals surface area contributed by atoms with Gasteiger partial charge in [-0.25, -0.2) is 4.39 Å². The third kappa shape index (κ3) is 4.61. The molecule has 0 aliphatic rings. The number of rotatable bonds is 5. The molecule has 0 N–H and O–H groups in total. The second-order valence-electron chi connectivity index (χ2n) is 5.66. The first-order valence-corrected chi connectivity index (χ1v) is 9.43. The minimum Gasteiger partial charge on any atom is -0.465 e. The molecule has 0 saturated carbocycles. The average molecular weight is 407 g/mol. The summed E-state index contributed by atoms with van der Waals surface area (Å²) in [6, 6.07) is 11.2. The van der Waals surface area contributed by atoms with Gasteiger partial charge in [0.1, 0.15) is 12.4 Å². The lowest BCUT2D eigenvalue weighted by molar-refractivity contribution is -0.143. The zero-order chi connectivity index (χ0) is 19.4. The molecule has 8 heteroatoms. The average Bonchev–Trinajstić information content (AvgIpc) is 2.93. The van der Waals surface area contributed by atoms with Gasteiger partial charge >= 0.3 is 5.97 Å². The van der Waals surface area contributed by atoms with Gasteiger partial charge in [0, 0.05) is 5.02 Å². The zero-order valence-corrected chi connectivity index (χ0v) is 16.0. The lowest BCUT2D eigenvalue weighted by Gasteiger charge is -2.05. The Morgan fingerprint density at radius 2 is 2.04 bits per heavy atom. The van der Waals surface area contributed by atoms with Crippen LogP contribution >= 0.6 is 22.9 Å². The molecule has 0 bridgehead atoms. The fourth-order valence-corrected chi connectivity index (χ4v) is 3.85. The monoisotopic (exact) mass is 406 g/mol. The summed E-state index contributed by atoms with van der Waals surface area (Å²) < 4.78 is 20.7. The highest BCUT2D eigenvalue weighted by molar-refractivity contribution is 7.16. The van der Waals surface area contributed by atoms with Crippen LogP contribution in [0.2, 0.25) is 5.02 Å². The standard InChI is InChI=1S/C19H16ClFN2O3S/c1-2-26-18(25)11-23-15-8-7-13(21)10-16(15)27-19(23)22-17(24)9-12-5-3-4-6-14(12)20/h3-8,10H,2,9,11H2,1H3. The highest BCUT2D eigenvalue weighted by Crippen LogP contribution is 2.19. The first-order chi connectivity index (χ1) is 13.0. The van der Waals surface area contributed by atoms with Crippen LogP contribution in [0.25, 0.3) is 10.2 Å². The van der Waals surface area contributed by atoms with Crippen LogP contribution in [-0.4, -0.2) is 23.1 Å². The molecule has 0 atom stereocenters. The van der Waals surface area contributed by atoms with Gasteiger partial charge in [0.15, 0.2) is 4.80 Å². The number of ether oxygens (including phenoxy) is 1. The molecule has 0 aliphatic carbocycles. The number of amides is 1. The summed E-state index contributed by atoms with van der Waals surface area (Å²) in [5.74, 6) is -1.27. The van der Waals surface area contributed by atoms with E-state index in [9.17, 15) is 14.0 Å². The van der Waals surface area contributed by atoms with Gasteiger partial charge < -0.3 is 9.30 Å². The van der Waals surface area contributed by atoms with Crippen molar-refractivity contribution in [3.8, 4) is 0 Å². The second-order valence-corrected chi connectivity index (χ2v) is 7.08. The highest BCUT2D eigenvalue weighted by Gasteiger charge is 2.13. The maximum atomic E-state index is 13.5. The number of carbonyl (C=O) groups is 2. The van der Waals surface area contributed by atoms with Crippen molar-refractivity contribution in [1.82, 2.24) is 4.57 Å². The minimum absolute atomic E-state index is 0.0295. The quantitative estimate of drug-likeness (QED) is 0.606. The number of thiazole rings is 1. The van der Waals surface area contributed by atoms with Crippen LogP contribution in [0, 0.1) is 5.82 Å². The molecule has 3 aromatic rings. The predicted molar refractivity (Wildman–Crippen MR) is 102 cm³/mol. The Hall–Kier alpha value is -2.51. The maximum absolute atomic E-state index is 13.5. The van der Waals surface area contributed by atoms with Gasteiger partial charge in [-0.1, -0.05) is 41.1 Å². The lowest BCUT2D eigenvalue weighted by Crippen LogP contribution is -2.23. The number of nitrogens with zero attached hydrogens (tertiary/aromatic N) is 2. The van der Waals surface area contributed by atoms with E-state index in [1.54, 1.807) is 41.8 Å². The third-order valence-corrected chi connectivity index (χ3v) is 5.17. The number of hydrogen-bond donors (Lipinski definition) is 0. The van der Waals surface area contributed by atoms with Crippen LogP contribution in [0.5, 0.6) is 0 Å². The summed E-state index contributed by atoms with van der Waals surface area (Å²) in [6.07, 6.45) is 0.0295. The molecule has 2 aromatic carbocycles. The minimum atomic E-state index is -0.457. The largest absolute Gasteiger partial charge is 0.465 e. The van der Waals surface area contributed by atoms with Gasteiger partial charge in [-0.3, -0.25) is 9.59 Å². The SMILES string of the molecule is CCOC(=O)Cn1c(=NC(=O)Cc2ccccc2Cl)sc2cc(F)ccc21. The van der Waals surface area contributed by atoms with E-state index in [1.165, 1.54) is 12.1 Å². The topological polar surface area (TPSA) is 60.7 Å². The van der Waals surface area contributed by atoms with E-state index in [0.717, 1.165) is 11.3 Å². The van der Waals surface area contributed by atoms with Crippen molar-refractivity contribution in [3.05, 3.63) is 63.7 Å². The normalized spacial score (nSPS) is 11.7. The van der Waals surface area contributed by atoms with Crippen molar-refractivity contribution < 1.29 is 18.7 Å². The van der Waals surface area contributed by atoms with Crippen LogP contribution in [0.3, 0.4) is 0 Å². The molecule has 0 unspecified atom stereocenters. The number of fused-ring (bicyclic) bond motifs is 1. The predicted octanol–water partition coefficient (Wildman–Crippen LogP) is 3.73. The summed E-state index contributed by atoms with van der Waals surface area (Å²) in [5, 5.41) is 0.485. The van der Waals surface area contributed by atoms with Gasteiger partial charge in [-0.05, 0) is 36.8 Å². The van der Waals surface area contributed by atoms with Gasteiger partial charge in [0.05, 0.1) is 23.2 Å². The first-order valence-electron chi connectivity index (χ1n) is 8.23. The van der Waals surface area contributed by atoms with Crippen LogP contribution in [-0.2, 0) is 27.3 Å². The number of aromatic nitrogens is 1. The third-order valence-electron chi connectivity index (χ3n) is 3.76. The molecule has 1 heterocycles. The van der Waals surface area contributed by atoms with Crippen molar-refractivity contribution in [2.45, 2.75) is 19.9 Å². The molecule has 5 nitrogen and oxygen atoms in total. The first kappa shape index (κ1) is 19.3. The molecule has 0 radical (unpaired) electrons. The van der Waals surface area contributed by atoms with E-state index < -0.39 is 17.7 Å². The second kappa shape index (κ2) is 8.45. The number of hydrogen-bond acceptors (Lipinski definition) is 4. The number of benzene rings is 2. The Bertz CT molecular complexity index is 1070. The Morgan fingerprint density at radius 1 is 1.26 bits per heavy atom. The van der Waals surface area contributed by atoms with E-state index in [0.29, 0.717) is 25.6 Å². The molecule has 1 amide bonds. The Labute approximate surface area is 163 Å². The van der Waals surface area contributed by atoms with Crippen LogP contribution in [0.15, 0.2) is 47.5 Å². The van der Waals surface area contributed by atoms with Gasteiger partial charge in [-0.2, -0.15) is 4.99 Å². The molecule has 1 aromatic heterocycles. The van der Waals surface area contributed by atoms with Crippen molar-refractivity contribution >= 4 is 45.0 Å². The van der Waals surface area contributed by atoms with Crippen molar-refractivity contribution in [2.24, 2.45) is 4.99 Å². The van der Waals surface area contributed by atoms with Crippen LogP contribution in [0.1, 0.15) is 12.5 Å². The fourth-order valence-electron chi connectivity index (χ4n) is 2.57. The van der Waals surface area contributed by atoms with Crippen molar-refractivity contribution in [2.75, 3.05) is 6.61 Å². The fraction of sp³-hybridized carbons (Fsp3) is 0.211. The maximum Gasteiger partial charge on any atom is 0.326 e. The van der Waals surface area contributed by atoms with Crippen molar-refractivity contribution in [1.29, 1.82) is 0 Å². The number of esters is 1. The molecule has 0 saturated heterocycles. The van der Waals surface area contributed by atoms with Gasteiger partial charge in [0.2, 0.25) is 0 Å². The summed E-state index contributed by atoms with van der Waals surface area (Å²) in [6.45, 7) is 1.84. The molecular formula is C19H16ClFN2O3S.